The zero-order chi connectivity index (χ0) is 13.3. The van der Waals surface area contributed by atoms with Gasteiger partial charge in [0.1, 0.15) is 0 Å². The second-order valence-electron chi connectivity index (χ2n) is 5.01. The molecular formula is C11H18ClN3O3. The van der Waals surface area contributed by atoms with Crippen LogP contribution in [0, 0.1) is 22.0 Å². The number of likely N-dealkylation sites (N-methyl/N-ethyl adjacent to an activating group) is 1. The van der Waals surface area contributed by atoms with Crippen molar-refractivity contribution >= 4 is 11.6 Å². The summed E-state index contributed by atoms with van der Waals surface area (Å²) in [7, 11) is 1.83. The summed E-state index contributed by atoms with van der Waals surface area (Å²) in [5.41, 5.74) is 0. The highest BCUT2D eigenvalue weighted by atomic mass is 35.5. The fourth-order valence-corrected chi connectivity index (χ4v) is 2.76. The molecule has 0 aromatic rings. The number of halogens is 1. The number of hydrogen-bond acceptors (Lipinski definition) is 5. The second kappa shape index (κ2) is 5.32. The minimum Gasteiger partial charge on any atom is -0.381 e. The van der Waals surface area contributed by atoms with Gasteiger partial charge in [-0.1, -0.05) is 6.92 Å². The van der Waals surface area contributed by atoms with Crippen molar-refractivity contribution in [1.82, 2.24) is 9.80 Å². The minimum atomic E-state index is -0.527. The summed E-state index contributed by atoms with van der Waals surface area (Å²) in [5, 5.41) is 10.5. The first-order valence-corrected chi connectivity index (χ1v) is 6.46. The van der Waals surface area contributed by atoms with E-state index >= 15 is 0 Å². The van der Waals surface area contributed by atoms with Gasteiger partial charge in [-0.3, -0.25) is 10.1 Å². The molecule has 2 saturated heterocycles. The Balaban J connectivity index is 2.12. The van der Waals surface area contributed by atoms with Crippen molar-refractivity contribution in [2.75, 3.05) is 39.9 Å². The third-order valence-electron chi connectivity index (χ3n) is 3.68. The molecule has 0 aliphatic carbocycles. The second-order valence-corrected chi connectivity index (χ2v) is 5.37. The van der Waals surface area contributed by atoms with Crippen molar-refractivity contribution in [3.8, 4) is 0 Å². The van der Waals surface area contributed by atoms with E-state index in [9.17, 15) is 10.1 Å². The lowest BCUT2D eigenvalue weighted by Crippen LogP contribution is -2.31. The maximum Gasteiger partial charge on any atom is 0.377 e. The van der Waals surface area contributed by atoms with E-state index in [-0.39, 0.29) is 5.16 Å². The minimum absolute atomic E-state index is 0.290. The first kappa shape index (κ1) is 13.4. The quantitative estimate of drug-likeness (QED) is 0.439. The fourth-order valence-electron chi connectivity index (χ4n) is 2.49. The number of rotatable bonds is 3. The highest BCUT2D eigenvalue weighted by molar-refractivity contribution is 6.28. The van der Waals surface area contributed by atoms with Crippen LogP contribution in [0.3, 0.4) is 0 Å². The lowest BCUT2D eigenvalue weighted by molar-refractivity contribution is -0.415. The van der Waals surface area contributed by atoms with E-state index in [2.05, 4.69) is 6.92 Å². The van der Waals surface area contributed by atoms with Crippen LogP contribution >= 0.6 is 11.6 Å². The van der Waals surface area contributed by atoms with Crippen LogP contribution < -0.4 is 0 Å². The van der Waals surface area contributed by atoms with E-state index in [1.807, 2.05) is 16.8 Å². The molecule has 102 valence electrons. The molecule has 2 aliphatic heterocycles. The summed E-state index contributed by atoms with van der Waals surface area (Å²) in [6.45, 7) is 5.96. The first-order chi connectivity index (χ1) is 8.50. The molecule has 0 amide bonds. The topological polar surface area (TPSA) is 58.8 Å². The van der Waals surface area contributed by atoms with E-state index in [0.717, 1.165) is 32.8 Å². The van der Waals surface area contributed by atoms with Gasteiger partial charge in [-0.05, 0) is 17.5 Å². The van der Waals surface area contributed by atoms with Gasteiger partial charge in [0.25, 0.3) is 0 Å². The predicted molar refractivity (Wildman–Crippen MR) is 67.5 cm³/mol. The summed E-state index contributed by atoms with van der Waals surface area (Å²) >= 11 is 5.80. The molecule has 6 nitrogen and oxygen atoms in total. The van der Waals surface area contributed by atoms with Crippen LogP contribution in [-0.2, 0) is 4.74 Å². The van der Waals surface area contributed by atoms with E-state index < -0.39 is 4.92 Å². The average Bonchev–Trinajstić information content (AvgIpc) is 2.86. The Morgan fingerprint density at radius 3 is 2.83 bits per heavy atom. The standard InChI is InChI=1S/C11H18ClN3O3/c1-8-6-18-7-9(8)5-14-4-3-13(2)11(14)10(12)15(16)17/h8-9H,3-7H2,1-2H3. The molecule has 7 heteroatoms. The molecule has 2 aliphatic rings. The van der Waals surface area contributed by atoms with Crippen molar-refractivity contribution in [2.24, 2.45) is 11.8 Å². The maximum atomic E-state index is 10.8. The van der Waals surface area contributed by atoms with Crippen molar-refractivity contribution < 1.29 is 9.66 Å². The van der Waals surface area contributed by atoms with Crippen LogP contribution in [0.4, 0.5) is 0 Å². The van der Waals surface area contributed by atoms with Gasteiger partial charge < -0.3 is 14.5 Å². The van der Waals surface area contributed by atoms with Gasteiger partial charge in [-0.15, -0.1) is 0 Å². The van der Waals surface area contributed by atoms with Crippen LogP contribution in [0.2, 0.25) is 0 Å². The zero-order valence-electron chi connectivity index (χ0n) is 10.6. The maximum absolute atomic E-state index is 10.8. The molecule has 2 rings (SSSR count). The van der Waals surface area contributed by atoms with Crippen molar-refractivity contribution in [3.05, 3.63) is 21.1 Å². The number of nitrogens with zero attached hydrogens (tertiary/aromatic N) is 3. The van der Waals surface area contributed by atoms with Crippen LogP contribution in [-0.4, -0.2) is 54.6 Å². The van der Waals surface area contributed by atoms with Gasteiger partial charge in [0.15, 0.2) is 5.82 Å². The lowest BCUT2D eigenvalue weighted by atomic mass is 9.98. The highest BCUT2D eigenvalue weighted by Gasteiger charge is 2.34. The summed E-state index contributed by atoms with van der Waals surface area (Å²) in [6, 6.07) is 0. The molecule has 2 fully saturated rings. The van der Waals surface area contributed by atoms with E-state index in [1.165, 1.54) is 0 Å². The smallest absolute Gasteiger partial charge is 0.377 e. The molecule has 0 bridgehead atoms. The molecule has 0 saturated carbocycles. The Kier molecular flexibility index (Phi) is 3.97. The number of nitro groups is 1. The molecule has 2 heterocycles. The molecule has 2 atom stereocenters. The largest absolute Gasteiger partial charge is 0.381 e. The van der Waals surface area contributed by atoms with Gasteiger partial charge in [0.05, 0.1) is 11.5 Å². The first-order valence-electron chi connectivity index (χ1n) is 6.08. The monoisotopic (exact) mass is 275 g/mol. The Hall–Kier alpha value is -1.01. The fraction of sp³-hybridized carbons (Fsp3) is 0.818. The van der Waals surface area contributed by atoms with Crippen molar-refractivity contribution in [1.29, 1.82) is 0 Å². The molecule has 0 radical (unpaired) electrons. The average molecular weight is 276 g/mol. The Labute approximate surface area is 111 Å². The van der Waals surface area contributed by atoms with Gasteiger partial charge in [0, 0.05) is 39.2 Å². The summed E-state index contributed by atoms with van der Waals surface area (Å²) in [5.74, 6) is 1.44. The third kappa shape index (κ3) is 2.54. The third-order valence-corrected chi connectivity index (χ3v) is 3.99. The molecule has 0 aromatic heterocycles. The molecule has 0 aromatic carbocycles. The molecule has 0 N–H and O–H groups in total. The van der Waals surface area contributed by atoms with Gasteiger partial charge in [-0.25, -0.2) is 0 Å². The number of ether oxygens (including phenoxy) is 1. The Morgan fingerprint density at radius 1 is 1.56 bits per heavy atom. The summed E-state index contributed by atoms with van der Waals surface area (Å²) in [6.07, 6.45) is 0. The summed E-state index contributed by atoms with van der Waals surface area (Å²) < 4.78 is 5.43. The van der Waals surface area contributed by atoms with E-state index in [4.69, 9.17) is 16.3 Å². The molecule has 0 spiro atoms. The van der Waals surface area contributed by atoms with Crippen LogP contribution in [0.15, 0.2) is 11.0 Å². The van der Waals surface area contributed by atoms with Crippen molar-refractivity contribution in [2.45, 2.75) is 6.92 Å². The SMILES string of the molecule is CC1COCC1CN1CCN(C)C1=C(Cl)[N+](=O)[O-]. The predicted octanol–water partition coefficient (Wildman–Crippen LogP) is 1.16. The number of hydrogen-bond donors (Lipinski definition) is 0. The molecule has 2 unspecified atom stereocenters. The van der Waals surface area contributed by atoms with Crippen LogP contribution in [0.5, 0.6) is 0 Å². The van der Waals surface area contributed by atoms with E-state index in [1.54, 1.807) is 0 Å². The zero-order valence-corrected chi connectivity index (χ0v) is 11.4. The normalized spacial score (nSPS) is 31.1. The molecular weight excluding hydrogens is 258 g/mol. The Morgan fingerprint density at radius 2 is 2.28 bits per heavy atom. The van der Waals surface area contributed by atoms with Gasteiger partial charge >= 0.3 is 5.16 Å². The highest BCUT2D eigenvalue weighted by Crippen LogP contribution is 2.28. The molecule has 18 heavy (non-hydrogen) atoms. The Bertz CT molecular complexity index is 375. The van der Waals surface area contributed by atoms with Crippen molar-refractivity contribution in [3.63, 3.8) is 0 Å². The van der Waals surface area contributed by atoms with Crippen LogP contribution in [0.1, 0.15) is 6.92 Å². The summed E-state index contributed by atoms with van der Waals surface area (Å²) in [4.78, 5) is 14.1. The van der Waals surface area contributed by atoms with Gasteiger partial charge in [0.2, 0.25) is 0 Å². The van der Waals surface area contributed by atoms with Gasteiger partial charge in [-0.2, -0.15) is 0 Å². The lowest BCUT2D eigenvalue weighted by Gasteiger charge is -2.24. The van der Waals surface area contributed by atoms with Crippen LogP contribution in [0.25, 0.3) is 0 Å². The van der Waals surface area contributed by atoms with E-state index in [0.29, 0.717) is 17.7 Å².